The maximum Gasteiger partial charge on any atom is 0.0972 e. The van der Waals surface area contributed by atoms with Crippen molar-refractivity contribution in [1.29, 1.82) is 0 Å². The summed E-state index contributed by atoms with van der Waals surface area (Å²) in [6, 6.07) is 137. The van der Waals surface area contributed by atoms with E-state index in [0.717, 1.165) is 199 Å². The first-order valence-corrected chi connectivity index (χ1v) is 39.1. The van der Waals surface area contributed by atoms with E-state index in [1.807, 2.05) is 24.5 Å². The molecular formula is C108H66N8. The van der Waals surface area contributed by atoms with E-state index in [9.17, 15) is 0 Å². The lowest BCUT2D eigenvalue weighted by atomic mass is 9.94. The van der Waals surface area contributed by atoms with Crippen molar-refractivity contribution in [3.05, 3.63) is 401 Å². The minimum Gasteiger partial charge on any atom is -0.254 e. The second kappa shape index (κ2) is 28.3. The third kappa shape index (κ3) is 12.3. The largest absolute Gasteiger partial charge is 0.254 e. The Kier molecular flexibility index (Phi) is 16.4. The molecule has 0 bridgehead atoms. The van der Waals surface area contributed by atoms with Gasteiger partial charge in [0, 0.05) is 88.9 Å². The van der Waals surface area contributed by atoms with Gasteiger partial charge in [0.05, 0.1) is 78.3 Å². The summed E-state index contributed by atoms with van der Waals surface area (Å²) >= 11 is 0. The second-order valence-corrected chi connectivity index (χ2v) is 29.7. The first kappa shape index (κ1) is 67.3. The van der Waals surface area contributed by atoms with Gasteiger partial charge in [0.25, 0.3) is 0 Å². The third-order valence-electron chi connectivity index (χ3n) is 22.8. The highest BCUT2D eigenvalue weighted by Crippen LogP contribution is 2.42. The molecule has 0 aliphatic carbocycles. The average Bonchev–Trinajstić information content (AvgIpc) is 0.768. The summed E-state index contributed by atoms with van der Waals surface area (Å²) in [6.07, 6.45) is 3.67. The Morgan fingerprint density at radius 3 is 0.931 bits per heavy atom. The van der Waals surface area contributed by atoms with Gasteiger partial charge in [0.2, 0.25) is 0 Å². The molecule has 0 unspecified atom stereocenters. The lowest BCUT2D eigenvalue weighted by Gasteiger charge is -2.13. The van der Waals surface area contributed by atoms with E-state index in [2.05, 4.69) is 386 Å². The van der Waals surface area contributed by atoms with Crippen LogP contribution in [0.5, 0.6) is 0 Å². The lowest BCUT2D eigenvalue weighted by molar-refractivity contribution is 1.37. The molecule has 8 nitrogen and oxygen atoms in total. The predicted octanol–water partition coefficient (Wildman–Crippen LogP) is 27.9. The smallest absolute Gasteiger partial charge is 0.0972 e. The van der Waals surface area contributed by atoms with Gasteiger partial charge in [-0.05, 0) is 180 Å². The lowest BCUT2D eigenvalue weighted by Crippen LogP contribution is -1.92. The summed E-state index contributed by atoms with van der Waals surface area (Å²) in [7, 11) is 0. The molecule has 23 rings (SSSR count). The Balaban J connectivity index is 0.000000142. The van der Waals surface area contributed by atoms with E-state index in [1.165, 1.54) is 33.0 Å². The molecular weight excluding hydrogens is 1410 g/mol. The van der Waals surface area contributed by atoms with Crippen molar-refractivity contribution in [2.75, 3.05) is 0 Å². The zero-order valence-corrected chi connectivity index (χ0v) is 62.7. The monoisotopic (exact) mass is 1470 g/mol. The van der Waals surface area contributed by atoms with Crippen molar-refractivity contribution < 1.29 is 0 Å². The molecule has 0 aliphatic rings. The van der Waals surface area contributed by atoms with Crippen LogP contribution in [0.3, 0.4) is 0 Å². The molecule has 8 aromatic heterocycles. The maximum atomic E-state index is 5.29. The molecule has 0 radical (unpaired) electrons. The van der Waals surface area contributed by atoms with Gasteiger partial charge in [-0.3, -0.25) is 9.97 Å². The van der Waals surface area contributed by atoms with Crippen LogP contribution in [0.15, 0.2) is 401 Å². The molecule has 23 aromatic rings. The van der Waals surface area contributed by atoms with Crippen LogP contribution < -0.4 is 0 Å². The van der Waals surface area contributed by atoms with Crippen LogP contribution in [-0.2, 0) is 0 Å². The highest BCUT2D eigenvalue weighted by atomic mass is 14.8. The van der Waals surface area contributed by atoms with E-state index in [-0.39, 0.29) is 0 Å². The summed E-state index contributed by atoms with van der Waals surface area (Å²) in [5.41, 5.74) is 28.9. The normalized spacial score (nSPS) is 11.6. The molecule has 0 aliphatic heterocycles. The summed E-state index contributed by atoms with van der Waals surface area (Å²) < 4.78 is 0. The van der Waals surface area contributed by atoms with Gasteiger partial charge in [-0.15, -0.1) is 0 Å². The van der Waals surface area contributed by atoms with E-state index >= 15 is 0 Å². The minimum absolute atomic E-state index is 0.913. The van der Waals surface area contributed by atoms with Gasteiger partial charge >= 0.3 is 0 Å². The molecule has 116 heavy (non-hydrogen) atoms. The van der Waals surface area contributed by atoms with Crippen molar-refractivity contribution in [3.8, 4) is 112 Å². The van der Waals surface area contributed by atoms with Crippen LogP contribution in [0.1, 0.15) is 0 Å². The molecule has 538 valence electrons. The van der Waals surface area contributed by atoms with E-state index in [1.54, 1.807) is 0 Å². The maximum absolute atomic E-state index is 5.29. The Morgan fingerprint density at radius 1 is 0.138 bits per heavy atom. The van der Waals surface area contributed by atoms with Gasteiger partial charge in [0.1, 0.15) is 0 Å². The van der Waals surface area contributed by atoms with Crippen LogP contribution in [0.25, 0.3) is 232 Å². The zero-order chi connectivity index (χ0) is 76.6. The predicted molar refractivity (Wildman–Crippen MR) is 482 cm³/mol. The molecule has 0 atom stereocenters. The molecule has 0 saturated heterocycles. The van der Waals surface area contributed by atoms with Crippen molar-refractivity contribution in [1.82, 2.24) is 39.9 Å². The molecule has 0 saturated carbocycles. The first-order valence-electron chi connectivity index (χ1n) is 39.1. The molecule has 8 heteroatoms. The highest BCUT2D eigenvalue weighted by Gasteiger charge is 2.19. The zero-order valence-electron chi connectivity index (χ0n) is 62.7. The fraction of sp³-hybridized carbons (Fsp3) is 0. The summed E-state index contributed by atoms with van der Waals surface area (Å²) in [6.45, 7) is 0. The Bertz CT molecular complexity index is 7860. The average molecular weight is 1480 g/mol. The molecule has 0 fully saturated rings. The standard InChI is InChI=1S/C58H36N4.C50H30N4/c1-3-10-37(11-4-1)45-33-46(38-12-5-2-6-13-38)35-47(34-45)53-28-24-44-32-42(23-27-52(44)60-53)43-20-17-39-21-29-54(61-56(39)36-43)50-25-26-51(49-16-8-7-15-48(49)50)55-30-22-41-19-18-40-14-9-31-59-57(40)58(41)62-55;1-2-10-38-31(7-1)8-5-13-41(38)45-27-21-37-29-35(20-24-44(37)52-45)36-17-14-32-18-25-46(53-48(32)30-36)42-22-23-43(40-12-4-3-11-39(40)42)47-26-19-34-16-15-33-9-6-28-51-49(33)50(34)54-47/h1-36H;1-30H. The Hall–Kier alpha value is -15.6. The topological polar surface area (TPSA) is 103 Å². The van der Waals surface area contributed by atoms with Crippen LogP contribution >= 0.6 is 0 Å². The SMILES string of the molecule is c1ccc(-c2cc(-c3ccccc3)cc(-c3ccc4cc(-c5ccc6ccc(-c7ccc(-c8ccc9ccc%10cccnc%10c9n8)c8ccccc78)nc6c5)ccc4n3)c2)cc1.c1ccc2c(-c3ccc4cc(-c5ccc6ccc(-c7ccc(-c8ccc9ccc%10cccnc%10c9n8)c8ccccc78)nc6c5)ccc4n3)cccc2c1. The number of nitrogens with zero attached hydrogens (tertiary/aromatic N) is 8. The van der Waals surface area contributed by atoms with Gasteiger partial charge < -0.3 is 0 Å². The summed E-state index contributed by atoms with van der Waals surface area (Å²) in [5.74, 6) is 0. The van der Waals surface area contributed by atoms with Gasteiger partial charge in [-0.25, -0.2) is 29.9 Å². The molecule has 8 heterocycles. The van der Waals surface area contributed by atoms with Crippen molar-refractivity contribution >= 4 is 120 Å². The van der Waals surface area contributed by atoms with E-state index < -0.39 is 0 Å². The fourth-order valence-corrected chi connectivity index (χ4v) is 16.9. The van der Waals surface area contributed by atoms with Crippen LogP contribution in [0.4, 0.5) is 0 Å². The Labute approximate surface area is 667 Å². The van der Waals surface area contributed by atoms with Crippen molar-refractivity contribution in [2.45, 2.75) is 0 Å². The molecule has 0 amide bonds. The quantitative estimate of drug-likeness (QED) is 0.125. The minimum atomic E-state index is 0.913. The van der Waals surface area contributed by atoms with Gasteiger partial charge in [-0.2, -0.15) is 0 Å². The van der Waals surface area contributed by atoms with Gasteiger partial charge in [-0.1, -0.05) is 285 Å². The first-order chi connectivity index (χ1) is 57.4. The number of aromatic nitrogens is 8. The highest BCUT2D eigenvalue weighted by molar-refractivity contribution is 6.10. The van der Waals surface area contributed by atoms with Crippen LogP contribution in [-0.4, -0.2) is 39.9 Å². The molecule has 0 spiro atoms. The Morgan fingerprint density at radius 2 is 0.457 bits per heavy atom. The number of fused-ring (bicyclic) bond motifs is 13. The van der Waals surface area contributed by atoms with Gasteiger partial charge in [0.15, 0.2) is 0 Å². The van der Waals surface area contributed by atoms with E-state index in [0.29, 0.717) is 0 Å². The van der Waals surface area contributed by atoms with Crippen molar-refractivity contribution in [2.24, 2.45) is 0 Å². The number of hydrogen-bond donors (Lipinski definition) is 0. The van der Waals surface area contributed by atoms with E-state index in [4.69, 9.17) is 29.9 Å². The molecule has 15 aromatic carbocycles. The molecule has 0 N–H and O–H groups in total. The fourth-order valence-electron chi connectivity index (χ4n) is 16.9. The summed E-state index contributed by atoms with van der Waals surface area (Å²) in [5, 5.41) is 15.7. The number of benzene rings is 15. The van der Waals surface area contributed by atoms with Crippen molar-refractivity contribution in [3.63, 3.8) is 0 Å². The summed E-state index contributed by atoms with van der Waals surface area (Å²) in [4.78, 5) is 40.5. The third-order valence-corrected chi connectivity index (χ3v) is 22.8. The second-order valence-electron chi connectivity index (χ2n) is 29.7. The van der Waals surface area contributed by atoms with Crippen LogP contribution in [0, 0.1) is 0 Å². The number of rotatable bonds is 10. The van der Waals surface area contributed by atoms with Crippen LogP contribution in [0.2, 0.25) is 0 Å². The number of pyridine rings is 8. The number of hydrogen-bond acceptors (Lipinski definition) is 8.